The topological polar surface area (TPSA) is 118 Å². The van der Waals surface area contributed by atoms with Crippen LogP contribution in [-0.4, -0.2) is 15.4 Å². The molecular weight excluding hydrogens is 344 g/mol. The molecule has 0 fully saturated rings. The highest BCUT2D eigenvalue weighted by Crippen LogP contribution is 2.38. The number of carbonyl (C=O) groups is 1. The Labute approximate surface area is 146 Å². The summed E-state index contributed by atoms with van der Waals surface area (Å²) < 4.78 is 1.01. The fourth-order valence-corrected chi connectivity index (χ4v) is 4.17. The van der Waals surface area contributed by atoms with Crippen LogP contribution in [0.15, 0.2) is 17.1 Å². The Hall–Kier alpha value is -2.99. The number of anilines is 1. The summed E-state index contributed by atoms with van der Waals surface area (Å²) in [7, 11) is 0. The van der Waals surface area contributed by atoms with E-state index in [4.69, 9.17) is 0 Å². The van der Waals surface area contributed by atoms with Gasteiger partial charge in [0.15, 0.2) is 0 Å². The molecule has 0 saturated carbocycles. The van der Waals surface area contributed by atoms with Crippen LogP contribution in [0.4, 0.5) is 10.7 Å². The van der Waals surface area contributed by atoms with E-state index in [9.17, 15) is 25.0 Å². The molecule has 0 unspecified atom stereocenters. The average molecular weight is 358 g/mol. The second kappa shape index (κ2) is 6.49. The van der Waals surface area contributed by atoms with Crippen LogP contribution in [0.2, 0.25) is 0 Å². The van der Waals surface area contributed by atoms with Crippen LogP contribution in [0.5, 0.6) is 0 Å². The van der Waals surface area contributed by atoms with Crippen LogP contribution in [0.25, 0.3) is 0 Å². The lowest BCUT2D eigenvalue weighted by molar-refractivity contribution is -0.385. The van der Waals surface area contributed by atoms with E-state index in [0.29, 0.717) is 10.6 Å². The van der Waals surface area contributed by atoms with Crippen molar-refractivity contribution in [1.82, 2.24) is 4.57 Å². The smallest absolute Gasteiger partial charge is 0.286 e. The van der Waals surface area contributed by atoms with E-state index in [1.165, 1.54) is 24.3 Å². The first-order valence-electron chi connectivity index (χ1n) is 7.60. The Morgan fingerprint density at radius 3 is 2.96 bits per heavy atom. The molecule has 0 aromatic carbocycles. The third-order valence-electron chi connectivity index (χ3n) is 4.06. The highest BCUT2D eigenvalue weighted by molar-refractivity contribution is 7.16. The zero-order valence-corrected chi connectivity index (χ0v) is 14.2. The fourth-order valence-electron chi connectivity index (χ4n) is 2.91. The van der Waals surface area contributed by atoms with E-state index in [1.807, 2.05) is 0 Å². The molecule has 9 heteroatoms. The van der Waals surface area contributed by atoms with Crippen LogP contribution in [0.1, 0.15) is 28.0 Å². The number of hydrogen-bond donors (Lipinski definition) is 1. The van der Waals surface area contributed by atoms with Gasteiger partial charge in [0, 0.05) is 16.5 Å². The van der Waals surface area contributed by atoms with Crippen molar-refractivity contribution >= 4 is 27.9 Å². The molecule has 0 saturated heterocycles. The average Bonchev–Trinajstić information content (AvgIpc) is 3.11. The highest BCUT2D eigenvalue weighted by Gasteiger charge is 2.23. The summed E-state index contributed by atoms with van der Waals surface area (Å²) in [6.45, 7) is 1.11. The SMILES string of the molecule is Cc1cc([N+](=O)[O-])cn(CC(=O)Nc2sc3c(c2C#N)CCC3)c1=O. The van der Waals surface area contributed by atoms with Gasteiger partial charge in [-0.1, -0.05) is 0 Å². The standard InChI is InChI=1S/C16H14N4O4S/c1-9-5-10(20(23)24)7-19(16(9)22)8-14(21)18-15-12(6-17)11-3-2-4-13(11)25-15/h5,7H,2-4,8H2,1H3,(H,18,21). The fraction of sp³-hybridized carbons (Fsp3) is 0.312. The van der Waals surface area contributed by atoms with Gasteiger partial charge in [-0.15, -0.1) is 11.3 Å². The number of thiophene rings is 1. The molecule has 25 heavy (non-hydrogen) atoms. The van der Waals surface area contributed by atoms with Gasteiger partial charge in [-0.3, -0.25) is 24.3 Å². The van der Waals surface area contributed by atoms with Gasteiger partial charge in [0.05, 0.1) is 16.7 Å². The number of carbonyl (C=O) groups excluding carboxylic acids is 1. The van der Waals surface area contributed by atoms with Crippen molar-refractivity contribution in [3.63, 3.8) is 0 Å². The van der Waals surface area contributed by atoms with Gasteiger partial charge in [0.1, 0.15) is 17.6 Å². The maximum atomic E-state index is 12.3. The van der Waals surface area contributed by atoms with Crippen LogP contribution in [0.3, 0.4) is 0 Å². The molecule has 1 amide bonds. The van der Waals surface area contributed by atoms with Crippen LogP contribution in [-0.2, 0) is 24.2 Å². The van der Waals surface area contributed by atoms with Crippen molar-refractivity contribution < 1.29 is 9.72 Å². The Balaban J connectivity index is 1.84. The molecule has 128 valence electrons. The largest absolute Gasteiger partial charge is 0.315 e. The molecule has 0 atom stereocenters. The lowest BCUT2D eigenvalue weighted by Crippen LogP contribution is -2.28. The van der Waals surface area contributed by atoms with Crippen molar-refractivity contribution in [1.29, 1.82) is 5.26 Å². The van der Waals surface area contributed by atoms with Crippen LogP contribution < -0.4 is 10.9 Å². The molecule has 2 aromatic rings. The summed E-state index contributed by atoms with van der Waals surface area (Å²) in [5, 5.41) is 23.4. The zero-order chi connectivity index (χ0) is 18.1. The molecular formula is C16H14N4O4S. The molecule has 0 bridgehead atoms. The number of aromatic nitrogens is 1. The summed E-state index contributed by atoms with van der Waals surface area (Å²) in [5.41, 5.74) is 0.946. The van der Waals surface area contributed by atoms with Crippen molar-refractivity contribution in [3.05, 3.63) is 54.3 Å². The second-order valence-electron chi connectivity index (χ2n) is 5.79. The Kier molecular flexibility index (Phi) is 4.37. The first-order chi connectivity index (χ1) is 11.9. The molecule has 8 nitrogen and oxygen atoms in total. The molecule has 1 aliphatic carbocycles. The minimum absolute atomic E-state index is 0.190. The van der Waals surface area contributed by atoms with Gasteiger partial charge in [-0.25, -0.2) is 0 Å². The number of nitrogens with zero attached hydrogens (tertiary/aromatic N) is 3. The number of nitrogens with one attached hydrogen (secondary N) is 1. The number of amides is 1. The first-order valence-corrected chi connectivity index (χ1v) is 8.42. The van der Waals surface area contributed by atoms with Crippen molar-refractivity contribution in [2.45, 2.75) is 32.7 Å². The molecule has 2 aromatic heterocycles. The molecule has 0 spiro atoms. The predicted molar refractivity (Wildman–Crippen MR) is 91.8 cm³/mol. The summed E-state index contributed by atoms with van der Waals surface area (Å²) >= 11 is 1.38. The molecule has 1 N–H and O–H groups in total. The minimum atomic E-state index is -0.613. The van der Waals surface area contributed by atoms with Crippen molar-refractivity contribution in [2.75, 3.05) is 5.32 Å². The number of nitriles is 1. The second-order valence-corrected chi connectivity index (χ2v) is 6.90. The molecule has 1 aliphatic rings. The van der Waals surface area contributed by atoms with Gasteiger partial charge in [-0.05, 0) is 31.7 Å². The lowest BCUT2D eigenvalue weighted by atomic mass is 10.1. The summed E-state index contributed by atoms with van der Waals surface area (Å²) in [6, 6.07) is 3.30. The summed E-state index contributed by atoms with van der Waals surface area (Å²) in [5.74, 6) is -0.501. The van der Waals surface area contributed by atoms with E-state index in [2.05, 4.69) is 11.4 Å². The predicted octanol–water partition coefficient (Wildman–Crippen LogP) is 2.13. The van der Waals surface area contributed by atoms with Crippen LogP contribution >= 0.6 is 11.3 Å². The zero-order valence-electron chi connectivity index (χ0n) is 13.4. The normalized spacial score (nSPS) is 12.5. The van der Waals surface area contributed by atoms with Gasteiger partial charge in [0.25, 0.3) is 11.2 Å². The lowest BCUT2D eigenvalue weighted by Gasteiger charge is -2.07. The summed E-state index contributed by atoms with van der Waals surface area (Å²) in [6.07, 6.45) is 3.78. The molecule has 3 rings (SSSR count). The van der Waals surface area contributed by atoms with E-state index in [0.717, 1.165) is 40.5 Å². The minimum Gasteiger partial charge on any atom is -0.315 e. The third kappa shape index (κ3) is 3.16. The quantitative estimate of drug-likeness (QED) is 0.663. The van der Waals surface area contributed by atoms with Gasteiger partial charge < -0.3 is 5.32 Å². The maximum Gasteiger partial charge on any atom is 0.286 e. The monoisotopic (exact) mass is 358 g/mol. The van der Waals surface area contributed by atoms with Crippen LogP contribution in [0, 0.1) is 28.4 Å². The molecule has 0 aliphatic heterocycles. The van der Waals surface area contributed by atoms with Gasteiger partial charge >= 0.3 is 0 Å². The summed E-state index contributed by atoms with van der Waals surface area (Å²) in [4.78, 5) is 35.8. The third-order valence-corrected chi connectivity index (χ3v) is 5.27. The van der Waals surface area contributed by atoms with E-state index in [-0.39, 0.29) is 17.8 Å². The van der Waals surface area contributed by atoms with Gasteiger partial charge in [0.2, 0.25) is 5.91 Å². The number of fused-ring (bicyclic) bond motifs is 1. The first kappa shape index (κ1) is 16.9. The Bertz CT molecular complexity index is 983. The highest BCUT2D eigenvalue weighted by atomic mass is 32.1. The Morgan fingerprint density at radius 1 is 1.52 bits per heavy atom. The number of pyridine rings is 1. The van der Waals surface area contributed by atoms with E-state index in [1.54, 1.807) is 0 Å². The molecule has 2 heterocycles. The van der Waals surface area contributed by atoms with Gasteiger partial charge in [-0.2, -0.15) is 5.26 Å². The maximum absolute atomic E-state index is 12.3. The number of aryl methyl sites for hydroxylation is 2. The van der Waals surface area contributed by atoms with E-state index < -0.39 is 16.4 Å². The van der Waals surface area contributed by atoms with Crippen molar-refractivity contribution in [2.24, 2.45) is 0 Å². The van der Waals surface area contributed by atoms with E-state index >= 15 is 0 Å². The van der Waals surface area contributed by atoms with Crippen molar-refractivity contribution in [3.8, 4) is 6.07 Å². The Morgan fingerprint density at radius 2 is 2.28 bits per heavy atom. The number of nitro groups is 1. The number of hydrogen-bond acceptors (Lipinski definition) is 6. The molecule has 0 radical (unpaired) electrons. The number of rotatable bonds is 4.